The zero-order valence-corrected chi connectivity index (χ0v) is 21.7. The molecule has 10 heteroatoms. The lowest BCUT2D eigenvalue weighted by Gasteiger charge is -2.15. The van der Waals surface area contributed by atoms with E-state index in [9.17, 15) is 9.59 Å². The molecule has 0 bridgehead atoms. The van der Waals surface area contributed by atoms with Gasteiger partial charge in [-0.15, -0.1) is 0 Å². The Morgan fingerprint density at radius 1 is 1.21 bits per heavy atom. The molecular weight excluding hydrogens is 628 g/mol. The molecule has 1 fully saturated rings. The zero-order chi connectivity index (χ0) is 21.1. The lowest BCUT2D eigenvalue weighted by molar-refractivity contribution is -0.122. The Hall–Kier alpha value is -0.710. The molecule has 150 valence electrons. The fraction of sp³-hybridized carbons (Fsp3) is 0.105. The summed E-state index contributed by atoms with van der Waals surface area (Å²) in [4.78, 5) is 27.0. The van der Waals surface area contributed by atoms with Gasteiger partial charge < -0.3 is 5.32 Å². The van der Waals surface area contributed by atoms with Crippen LogP contribution in [0.25, 0.3) is 6.08 Å². The highest BCUT2D eigenvalue weighted by Gasteiger charge is 2.32. The minimum atomic E-state index is -0.224. The summed E-state index contributed by atoms with van der Waals surface area (Å²) >= 11 is 22.9. The molecule has 1 aliphatic rings. The summed E-state index contributed by atoms with van der Waals surface area (Å²) in [5.74, 6) is -0.448. The van der Waals surface area contributed by atoms with Crippen molar-refractivity contribution in [2.75, 3.05) is 11.9 Å². The largest absolute Gasteiger partial charge is 0.324 e. The average molecular weight is 640 g/mol. The van der Waals surface area contributed by atoms with Gasteiger partial charge in [0.25, 0.3) is 5.91 Å². The van der Waals surface area contributed by atoms with Gasteiger partial charge in [0.15, 0.2) is 0 Å². The summed E-state index contributed by atoms with van der Waals surface area (Å²) in [6, 6.07) is 10.9. The highest BCUT2D eigenvalue weighted by atomic mass is 79.9. The standard InChI is InChI=1S/C19H12Br3ClN2O2S2/c20-11-8-12(21)17(13(22)9-11)24-16(26)5-6-25-18(27)15(29-19(25)28)7-10-3-1-2-4-14(10)23/h1-4,7-9H,5-6H2,(H,24,26)/b15-7-. The summed E-state index contributed by atoms with van der Waals surface area (Å²) in [7, 11) is 0. The molecule has 29 heavy (non-hydrogen) atoms. The second-order valence-corrected chi connectivity index (χ2v) is 10.6. The van der Waals surface area contributed by atoms with Gasteiger partial charge in [0.1, 0.15) is 4.32 Å². The van der Waals surface area contributed by atoms with Crippen molar-refractivity contribution < 1.29 is 9.59 Å². The number of rotatable bonds is 5. The molecule has 2 amide bonds. The molecule has 3 rings (SSSR count). The van der Waals surface area contributed by atoms with E-state index in [1.165, 1.54) is 16.7 Å². The number of nitrogens with zero attached hydrogens (tertiary/aromatic N) is 1. The topological polar surface area (TPSA) is 49.4 Å². The van der Waals surface area contributed by atoms with Crippen LogP contribution in [-0.2, 0) is 9.59 Å². The Morgan fingerprint density at radius 2 is 1.86 bits per heavy atom. The number of thiocarbonyl (C=S) groups is 1. The molecule has 0 radical (unpaired) electrons. The van der Waals surface area contributed by atoms with Crippen LogP contribution in [-0.4, -0.2) is 27.6 Å². The van der Waals surface area contributed by atoms with Crippen molar-refractivity contribution in [1.29, 1.82) is 0 Å². The van der Waals surface area contributed by atoms with Crippen molar-refractivity contribution in [3.05, 3.63) is 65.3 Å². The van der Waals surface area contributed by atoms with Crippen molar-refractivity contribution in [3.63, 3.8) is 0 Å². The first kappa shape index (κ1) is 23.0. The van der Waals surface area contributed by atoms with Crippen molar-refractivity contribution in [3.8, 4) is 0 Å². The third kappa shape index (κ3) is 5.71. The number of halogens is 4. The molecule has 0 saturated carbocycles. The van der Waals surface area contributed by atoms with Crippen LogP contribution in [0.4, 0.5) is 5.69 Å². The maximum atomic E-state index is 12.7. The van der Waals surface area contributed by atoms with E-state index in [1.807, 2.05) is 30.3 Å². The number of carbonyl (C=O) groups is 2. The summed E-state index contributed by atoms with van der Waals surface area (Å²) < 4.78 is 2.77. The van der Waals surface area contributed by atoms with Crippen LogP contribution < -0.4 is 5.32 Å². The van der Waals surface area contributed by atoms with E-state index in [0.29, 0.717) is 19.9 Å². The van der Waals surface area contributed by atoms with Gasteiger partial charge in [-0.2, -0.15) is 0 Å². The Balaban J connectivity index is 1.65. The maximum absolute atomic E-state index is 12.7. The molecule has 0 aromatic heterocycles. The van der Waals surface area contributed by atoms with Crippen LogP contribution in [0.15, 0.2) is 54.7 Å². The van der Waals surface area contributed by atoms with Gasteiger partial charge in [0, 0.05) is 31.4 Å². The van der Waals surface area contributed by atoms with Crippen LogP contribution in [0.3, 0.4) is 0 Å². The zero-order valence-electron chi connectivity index (χ0n) is 14.5. The van der Waals surface area contributed by atoms with Crippen LogP contribution >= 0.6 is 83.4 Å². The van der Waals surface area contributed by atoms with Crippen LogP contribution in [0.1, 0.15) is 12.0 Å². The van der Waals surface area contributed by atoms with Crippen molar-refractivity contribution in [2.24, 2.45) is 0 Å². The fourth-order valence-electron chi connectivity index (χ4n) is 2.50. The van der Waals surface area contributed by atoms with Crippen LogP contribution in [0, 0.1) is 0 Å². The molecule has 1 heterocycles. The van der Waals surface area contributed by atoms with E-state index in [1.54, 1.807) is 12.1 Å². The number of hydrogen-bond donors (Lipinski definition) is 1. The third-order valence-corrected chi connectivity index (χ3v) is 7.33. The number of anilines is 1. The Labute approximate surface area is 207 Å². The van der Waals surface area contributed by atoms with Gasteiger partial charge >= 0.3 is 0 Å². The molecular formula is C19H12Br3ClN2O2S2. The molecule has 2 aromatic carbocycles. The Bertz CT molecular complexity index is 1020. The first-order chi connectivity index (χ1) is 13.8. The van der Waals surface area contributed by atoms with Crippen molar-refractivity contribution in [2.45, 2.75) is 6.42 Å². The molecule has 1 aliphatic heterocycles. The molecule has 0 spiro atoms. The number of carbonyl (C=O) groups excluding carboxylic acids is 2. The van der Waals surface area contributed by atoms with Gasteiger partial charge in [-0.25, -0.2) is 0 Å². The fourth-order valence-corrected chi connectivity index (χ4v) is 6.45. The van der Waals surface area contributed by atoms with Gasteiger partial charge in [-0.05, 0) is 61.7 Å². The molecule has 1 N–H and O–H groups in total. The van der Waals surface area contributed by atoms with Gasteiger partial charge in [-0.3, -0.25) is 14.5 Å². The maximum Gasteiger partial charge on any atom is 0.266 e. The molecule has 1 saturated heterocycles. The van der Waals surface area contributed by atoms with Crippen molar-refractivity contribution >= 4 is 111 Å². The minimum Gasteiger partial charge on any atom is -0.324 e. The predicted molar refractivity (Wildman–Crippen MR) is 134 cm³/mol. The number of hydrogen-bond acceptors (Lipinski definition) is 4. The monoisotopic (exact) mass is 636 g/mol. The Kier molecular flexibility index (Phi) is 7.97. The number of thioether (sulfide) groups is 1. The average Bonchev–Trinajstić information content (AvgIpc) is 2.91. The summed E-state index contributed by atoms with van der Waals surface area (Å²) in [6.07, 6.45) is 1.83. The van der Waals surface area contributed by atoms with E-state index in [2.05, 4.69) is 53.1 Å². The third-order valence-electron chi connectivity index (χ3n) is 3.90. The number of benzene rings is 2. The van der Waals surface area contributed by atoms with E-state index in [0.717, 1.165) is 19.0 Å². The highest BCUT2D eigenvalue weighted by molar-refractivity contribution is 9.11. The summed E-state index contributed by atoms with van der Waals surface area (Å²) in [5, 5.41) is 3.40. The Morgan fingerprint density at radius 3 is 2.52 bits per heavy atom. The lowest BCUT2D eigenvalue weighted by atomic mass is 10.2. The van der Waals surface area contributed by atoms with E-state index in [-0.39, 0.29) is 24.8 Å². The second-order valence-electron chi connectivity index (χ2n) is 5.90. The molecule has 0 unspecified atom stereocenters. The van der Waals surface area contributed by atoms with Crippen LogP contribution in [0.2, 0.25) is 5.02 Å². The number of nitrogens with one attached hydrogen (secondary N) is 1. The van der Waals surface area contributed by atoms with E-state index < -0.39 is 0 Å². The highest BCUT2D eigenvalue weighted by Crippen LogP contribution is 2.35. The molecule has 0 atom stereocenters. The first-order valence-electron chi connectivity index (χ1n) is 8.20. The predicted octanol–water partition coefficient (Wildman–Crippen LogP) is 6.86. The van der Waals surface area contributed by atoms with Crippen LogP contribution in [0.5, 0.6) is 0 Å². The van der Waals surface area contributed by atoms with E-state index in [4.69, 9.17) is 23.8 Å². The molecule has 4 nitrogen and oxygen atoms in total. The summed E-state index contributed by atoms with van der Waals surface area (Å²) in [6.45, 7) is 0.197. The van der Waals surface area contributed by atoms with Gasteiger partial charge in [0.2, 0.25) is 5.91 Å². The van der Waals surface area contributed by atoms with E-state index >= 15 is 0 Å². The number of amides is 2. The summed E-state index contributed by atoms with van der Waals surface area (Å²) in [5.41, 5.74) is 1.37. The second kappa shape index (κ2) is 10.1. The SMILES string of the molecule is O=C(CCN1C(=O)/C(=C/c2ccccc2Cl)SC1=S)Nc1c(Br)cc(Br)cc1Br. The normalized spacial score (nSPS) is 15.3. The minimum absolute atomic E-state index is 0.112. The smallest absolute Gasteiger partial charge is 0.266 e. The first-order valence-corrected chi connectivity index (χ1v) is 12.2. The quantitative estimate of drug-likeness (QED) is 0.287. The lowest BCUT2D eigenvalue weighted by Crippen LogP contribution is -2.31. The van der Waals surface area contributed by atoms with Gasteiger partial charge in [0.05, 0.1) is 10.6 Å². The molecule has 0 aliphatic carbocycles. The molecule has 2 aromatic rings. The van der Waals surface area contributed by atoms with Gasteiger partial charge in [-0.1, -0.05) is 69.7 Å². The van der Waals surface area contributed by atoms with Crippen molar-refractivity contribution in [1.82, 2.24) is 4.90 Å².